The molecule has 1 aliphatic rings. The third kappa shape index (κ3) is 4.41. The van der Waals surface area contributed by atoms with Gasteiger partial charge in [0.2, 0.25) is 0 Å². The fraction of sp³-hybridized carbons (Fsp3) is 0.316. The van der Waals surface area contributed by atoms with Crippen LogP contribution >= 0.6 is 34.8 Å². The van der Waals surface area contributed by atoms with Gasteiger partial charge < -0.3 is 9.64 Å². The summed E-state index contributed by atoms with van der Waals surface area (Å²) in [6.07, 6.45) is 0. The van der Waals surface area contributed by atoms with Gasteiger partial charge in [0.1, 0.15) is 16.9 Å². The van der Waals surface area contributed by atoms with Gasteiger partial charge in [0.15, 0.2) is 0 Å². The largest absolute Gasteiger partial charge is 0.468 e. The summed E-state index contributed by atoms with van der Waals surface area (Å²) in [5, 5.41) is 0.947. The van der Waals surface area contributed by atoms with E-state index in [2.05, 4.69) is 4.98 Å². The minimum absolute atomic E-state index is 0.123. The quantitative estimate of drug-likeness (QED) is 0.533. The van der Waals surface area contributed by atoms with E-state index in [-0.39, 0.29) is 21.8 Å². The number of amides is 1. The highest BCUT2D eigenvalue weighted by Gasteiger charge is 2.34. The number of methoxy groups -OCH3 is 1. The standard InChI is InChI=1S/C19H18Cl3N3O3/c1-28-19(27)17(12-4-2-3-5-13(12)20)24-8-10-25(11-9-24)18(26)16-14(21)6-7-15(22)23-16/h2-7,17H,8-11H2,1H3. The van der Waals surface area contributed by atoms with Gasteiger partial charge in [-0.25, -0.2) is 9.78 Å². The van der Waals surface area contributed by atoms with E-state index in [0.29, 0.717) is 36.8 Å². The minimum atomic E-state index is -0.635. The van der Waals surface area contributed by atoms with Gasteiger partial charge in [-0.05, 0) is 23.8 Å². The molecule has 1 saturated heterocycles. The Bertz CT molecular complexity index is 886. The molecule has 0 aliphatic carbocycles. The van der Waals surface area contributed by atoms with Crippen molar-refractivity contribution in [2.24, 2.45) is 0 Å². The number of rotatable bonds is 4. The van der Waals surface area contributed by atoms with Crippen molar-refractivity contribution in [2.75, 3.05) is 33.3 Å². The van der Waals surface area contributed by atoms with Crippen LogP contribution in [0.2, 0.25) is 15.2 Å². The smallest absolute Gasteiger partial charge is 0.327 e. The molecular weight excluding hydrogens is 425 g/mol. The Morgan fingerprint density at radius 3 is 2.32 bits per heavy atom. The van der Waals surface area contributed by atoms with E-state index in [9.17, 15) is 9.59 Å². The highest BCUT2D eigenvalue weighted by molar-refractivity contribution is 6.34. The molecule has 1 atom stereocenters. The lowest BCUT2D eigenvalue weighted by atomic mass is 10.0. The second kappa shape index (κ2) is 9.09. The van der Waals surface area contributed by atoms with Crippen molar-refractivity contribution in [1.29, 1.82) is 0 Å². The molecule has 0 N–H and O–H groups in total. The van der Waals surface area contributed by atoms with Crippen LogP contribution < -0.4 is 0 Å². The van der Waals surface area contributed by atoms with Crippen LogP contribution in [-0.4, -0.2) is 59.9 Å². The van der Waals surface area contributed by atoms with Crippen LogP contribution in [0, 0.1) is 0 Å². The summed E-state index contributed by atoms with van der Waals surface area (Å²) in [6, 6.07) is 9.61. The molecule has 1 aliphatic heterocycles. The average molecular weight is 443 g/mol. The summed E-state index contributed by atoms with van der Waals surface area (Å²) in [4.78, 5) is 32.8. The first-order chi connectivity index (χ1) is 13.4. The van der Waals surface area contributed by atoms with E-state index >= 15 is 0 Å². The van der Waals surface area contributed by atoms with Gasteiger partial charge in [-0.15, -0.1) is 0 Å². The van der Waals surface area contributed by atoms with Crippen molar-refractivity contribution >= 4 is 46.7 Å². The molecule has 1 fully saturated rings. The molecule has 0 radical (unpaired) electrons. The highest BCUT2D eigenvalue weighted by Crippen LogP contribution is 2.30. The molecule has 0 spiro atoms. The third-order valence-electron chi connectivity index (χ3n) is 4.61. The number of halogens is 3. The number of hydrogen-bond acceptors (Lipinski definition) is 5. The number of carbonyl (C=O) groups excluding carboxylic acids is 2. The molecule has 148 valence electrons. The van der Waals surface area contributed by atoms with Crippen LogP contribution in [0.5, 0.6) is 0 Å². The Kier molecular flexibility index (Phi) is 6.78. The molecular formula is C19H18Cl3N3O3. The molecule has 1 aromatic carbocycles. The minimum Gasteiger partial charge on any atom is -0.468 e. The fourth-order valence-electron chi connectivity index (χ4n) is 3.18. The molecule has 2 aromatic rings. The van der Waals surface area contributed by atoms with E-state index in [1.807, 2.05) is 11.0 Å². The summed E-state index contributed by atoms with van der Waals surface area (Å²) in [6.45, 7) is 1.74. The van der Waals surface area contributed by atoms with Crippen molar-refractivity contribution in [2.45, 2.75) is 6.04 Å². The topological polar surface area (TPSA) is 62.7 Å². The van der Waals surface area contributed by atoms with Gasteiger partial charge in [0.05, 0.1) is 12.1 Å². The van der Waals surface area contributed by atoms with Crippen molar-refractivity contribution < 1.29 is 14.3 Å². The summed E-state index contributed by atoms with van der Waals surface area (Å²) >= 11 is 18.3. The lowest BCUT2D eigenvalue weighted by Gasteiger charge is -2.38. The number of carbonyl (C=O) groups is 2. The van der Waals surface area contributed by atoms with Crippen molar-refractivity contribution in [3.8, 4) is 0 Å². The fourth-order valence-corrected chi connectivity index (χ4v) is 3.76. The maximum Gasteiger partial charge on any atom is 0.327 e. The average Bonchev–Trinajstić information content (AvgIpc) is 2.71. The zero-order valence-corrected chi connectivity index (χ0v) is 17.3. The zero-order valence-electron chi connectivity index (χ0n) is 15.1. The van der Waals surface area contributed by atoms with Crippen LogP contribution in [0.25, 0.3) is 0 Å². The van der Waals surface area contributed by atoms with Crippen molar-refractivity contribution in [3.63, 3.8) is 0 Å². The van der Waals surface area contributed by atoms with E-state index in [1.54, 1.807) is 29.2 Å². The Hall–Kier alpha value is -1.86. The van der Waals surface area contributed by atoms with Gasteiger partial charge in [-0.3, -0.25) is 9.69 Å². The Labute approximate surface area is 177 Å². The maximum atomic E-state index is 12.8. The zero-order chi connectivity index (χ0) is 20.3. The molecule has 3 rings (SSSR count). The number of hydrogen-bond donors (Lipinski definition) is 0. The molecule has 0 saturated carbocycles. The molecule has 9 heteroatoms. The number of aromatic nitrogens is 1. The van der Waals surface area contributed by atoms with Gasteiger partial charge in [-0.2, -0.15) is 0 Å². The number of nitrogens with zero attached hydrogens (tertiary/aromatic N) is 3. The van der Waals surface area contributed by atoms with Crippen LogP contribution in [-0.2, 0) is 9.53 Å². The SMILES string of the molecule is COC(=O)C(c1ccccc1Cl)N1CCN(C(=O)c2nc(Cl)ccc2Cl)CC1. The number of pyridine rings is 1. The van der Waals surface area contributed by atoms with Gasteiger partial charge in [-0.1, -0.05) is 53.0 Å². The van der Waals surface area contributed by atoms with Gasteiger partial charge in [0.25, 0.3) is 5.91 Å². The number of esters is 1. The summed E-state index contributed by atoms with van der Waals surface area (Å²) in [5.41, 5.74) is 0.800. The monoisotopic (exact) mass is 441 g/mol. The molecule has 1 unspecified atom stereocenters. The predicted molar refractivity (Wildman–Crippen MR) is 108 cm³/mol. The van der Waals surface area contributed by atoms with Crippen molar-refractivity contribution in [3.05, 3.63) is 62.9 Å². The number of piperazine rings is 1. The highest BCUT2D eigenvalue weighted by atomic mass is 35.5. The lowest BCUT2D eigenvalue weighted by molar-refractivity contribution is -0.148. The molecule has 6 nitrogen and oxygen atoms in total. The predicted octanol–water partition coefficient (Wildman–Crippen LogP) is 3.71. The van der Waals surface area contributed by atoms with E-state index in [4.69, 9.17) is 39.5 Å². The summed E-state index contributed by atoms with van der Waals surface area (Å²) in [5.74, 6) is -0.688. The van der Waals surface area contributed by atoms with Crippen LogP contribution in [0.3, 0.4) is 0 Å². The van der Waals surface area contributed by atoms with Crippen LogP contribution in [0.15, 0.2) is 36.4 Å². The third-order valence-corrected chi connectivity index (χ3v) is 5.47. The summed E-state index contributed by atoms with van der Waals surface area (Å²) < 4.78 is 4.99. The maximum absolute atomic E-state index is 12.8. The first kappa shape index (κ1) is 20.9. The molecule has 2 heterocycles. The Balaban J connectivity index is 1.76. The van der Waals surface area contributed by atoms with Crippen LogP contribution in [0.1, 0.15) is 22.1 Å². The molecule has 1 aromatic heterocycles. The second-order valence-corrected chi connectivity index (χ2v) is 7.44. The number of benzene rings is 1. The lowest BCUT2D eigenvalue weighted by Crippen LogP contribution is -2.51. The van der Waals surface area contributed by atoms with E-state index < -0.39 is 12.0 Å². The normalized spacial score (nSPS) is 15.9. The second-order valence-electron chi connectivity index (χ2n) is 6.24. The van der Waals surface area contributed by atoms with E-state index in [0.717, 1.165) is 0 Å². The molecule has 28 heavy (non-hydrogen) atoms. The van der Waals surface area contributed by atoms with Gasteiger partial charge in [0, 0.05) is 31.2 Å². The molecule has 1 amide bonds. The van der Waals surface area contributed by atoms with Crippen molar-refractivity contribution in [1.82, 2.24) is 14.8 Å². The molecule has 0 bridgehead atoms. The Morgan fingerprint density at radius 1 is 1.00 bits per heavy atom. The Morgan fingerprint density at radius 2 is 1.68 bits per heavy atom. The van der Waals surface area contributed by atoms with Crippen LogP contribution in [0.4, 0.5) is 0 Å². The summed E-state index contributed by atoms with van der Waals surface area (Å²) in [7, 11) is 1.35. The first-order valence-electron chi connectivity index (χ1n) is 8.60. The van der Waals surface area contributed by atoms with Gasteiger partial charge >= 0.3 is 5.97 Å². The first-order valence-corrected chi connectivity index (χ1v) is 9.73. The van der Waals surface area contributed by atoms with E-state index in [1.165, 1.54) is 13.2 Å². The number of ether oxygens (including phenoxy) is 1.